The van der Waals surface area contributed by atoms with E-state index in [1.165, 1.54) is 6.08 Å². The van der Waals surface area contributed by atoms with E-state index < -0.39 is 10.0 Å². The molecule has 3 aromatic rings. The minimum atomic E-state index is -3.80. The molecule has 8 heteroatoms. The van der Waals surface area contributed by atoms with Crippen LogP contribution in [0.2, 0.25) is 0 Å². The van der Waals surface area contributed by atoms with Gasteiger partial charge in [-0.15, -0.1) is 0 Å². The molecule has 0 amide bonds. The second-order valence-electron chi connectivity index (χ2n) is 8.07. The Hall–Kier alpha value is -2.13. The van der Waals surface area contributed by atoms with E-state index in [9.17, 15) is 13.5 Å². The molecule has 1 atom stereocenters. The van der Waals surface area contributed by atoms with Crippen molar-refractivity contribution in [1.82, 2.24) is 5.32 Å². The number of hydrogen-bond donors (Lipinski definition) is 3. The minimum absolute atomic E-state index is 0.000953. The summed E-state index contributed by atoms with van der Waals surface area (Å²) in [5, 5.41) is 15.2. The van der Waals surface area contributed by atoms with Crippen LogP contribution >= 0.6 is 31.9 Å². The van der Waals surface area contributed by atoms with Gasteiger partial charge in [-0.3, -0.25) is 4.72 Å². The van der Waals surface area contributed by atoms with Crippen molar-refractivity contribution < 1.29 is 13.5 Å². The number of aromatic hydroxyl groups is 1. The highest BCUT2D eigenvalue weighted by atomic mass is 79.9. The van der Waals surface area contributed by atoms with Gasteiger partial charge in [-0.25, -0.2) is 8.42 Å². The second kappa shape index (κ2) is 10.0. The van der Waals surface area contributed by atoms with Crippen molar-refractivity contribution in [3.63, 3.8) is 0 Å². The number of phenols is 1. The monoisotopic (exact) mass is 590 g/mol. The van der Waals surface area contributed by atoms with Gasteiger partial charge >= 0.3 is 0 Å². The highest BCUT2D eigenvalue weighted by Crippen LogP contribution is 2.36. The van der Waals surface area contributed by atoms with Crippen molar-refractivity contribution in [2.24, 2.45) is 0 Å². The van der Waals surface area contributed by atoms with Crippen molar-refractivity contribution in [3.8, 4) is 5.75 Å². The Morgan fingerprint density at radius 2 is 1.82 bits per heavy atom. The molecule has 0 spiro atoms. The highest BCUT2D eigenvalue weighted by Gasteiger charge is 2.23. The van der Waals surface area contributed by atoms with Gasteiger partial charge < -0.3 is 10.4 Å². The van der Waals surface area contributed by atoms with Crippen LogP contribution < -0.4 is 10.0 Å². The molecule has 33 heavy (non-hydrogen) atoms. The summed E-state index contributed by atoms with van der Waals surface area (Å²) >= 11 is 7.23. The van der Waals surface area contributed by atoms with Gasteiger partial charge in [-0.05, 0) is 84.5 Å². The summed E-state index contributed by atoms with van der Waals surface area (Å²) in [4.78, 5) is 0. The smallest absolute Gasteiger partial charge is 0.255 e. The number of anilines is 1. The van der Waals surface area contributed by atoms with Gasteiger partial charge in [-0.2, -0.15) is 0 Å². The average molecular weight is 592 g/mol. The molecule has 1 unspecified atom stereocenters. The normalized spacial score (nSPS) is 16.0. The molecule has 3 N–H and O–H groups in total. The molecule has 0 saturated heterocycles. The van der Waals surface area contributed by atoms with Gasteiger partial charge in [0.1, 0.15) is 5.75 Å². The number of fused-ring (bicyclic) bond motifs is 1. The zero-order chi connectivity index (χ0) is 23.6. The van der Waals surface area contributed by atoms with E-state index in [-0.39, 0.29) is 17.5 Å². The van der Waals surface area contributed by atoms with Crippen LogP contribution in [0.1, 0.15) is 33.9 Å². The molecular formula is C25H24Br2N2O3S. The molecule has 172 valence electrons. The van der Waals surface area contributed by atoms with Crippen molar-refractivity contribution in [2.75, 3.05) is 11.3 Å². The number of rotatable bonds is 6. The lowest BCUT2D eigenvalue weighted by atomic mass is 9.89. The lowest BCUT2D eigenvalue weighted by Crippen LogP contribution is -2.31. The number of sulfonamides is 1. The molecule has 3 aromatic carbocycles. The molecule has 4 rings (SSSR count). The lowest BCUT2D eigenvalue weighted by molar-refractivity contribution is 0.469. The van der Waals surface area contributed by atoms with Crippen molar-refractivity contribution in [1.29, 1.82) is 0 Å². The number of halogens is 2. The summed E-state index contributed by atoms with van der Waals surface area (Å²) < 4.78 is 29.9. The third-order valence-corrected chi connectivity index (χ3v) is 8.34. The van der Waals surface area contributed by atoms with Gasteiger partial charge in [0.25, 0.3) is 10.0 Å². The summed E-state index contributed by atoms with van der Waals surface area (Å²) in [7, 11) is -3.80. The molecule has 0 aromatic heterocycles. The summed E-state index contributed by atoms with van der Waals surface area (Å²) in [5.41, 5.74) is 5.23. The third-order valence-electron chi connectivity index (χ3n) is 5.69. The summed E-state index contributed by atoms with van der Waals surface area (Å²) in [6.45, 7) is 2.83. The topological polar surface area (TPSA) is 78.4 Å². The molecule has 0 radical (unpaired) electrons. The van der Waals surface area contributed by atoms with Crippen LogP contribution in [0.5, 0.6) is 5.75 Å². The van der Waals surface area contributed by atoms with Crippen molar-refractivity contribution in [2.45, 2.75) is 25.8 Å². The number of nitrogens with one attached hydrogen (secondary N) is 2. The minimum Gasteiger partial charge on any atom is -0.506 e. The fourth-order valence-electron chi connectivity index (χ4n) is 3.91. The third kappa shape index (κ3) is 5.87. The molecule has 1 aliphatic heterocycles. The first-order chi connectivity index (χ1) is 15.7. The zero-order valence-electron chi connectivity index (χ0n) is 18.0. The van der Waals surface area contributed by atoms with Crippen LogP contribution in [-0.2, 0) is 22.9 Å². The van der Waals surface area contributed by atoms with E-state index in [0.717, 1.165) is 61.6 Å². The van der Waals surface area contributed by atoms with E-state index in [1.54, 1.807) is 12.1 Å². The SMILES string of the molecule is Cc1c(Br)cc(CC2NCCc3cc(O)c(NS(=O)(=O)/C=C/c4ccccc4)cc32)cc1Br. The van der Waals surface area contributed by atoms with Gasteiger partial charge in [0.05, 0.1) is 11.1 Å². The molecule has 0 saturated carbocycles. The van der Waals surface area contributed by atoms with Gasteiger partial charge in [0.15, 0.2) is 0 Å². The average Bonchev–Trinajstić information content (AvgIpc) is 2.78. The Kier molecular flexibility index (Phi) is 7.28. The fraction of sp³-hybridized carbons (Fsp3) is 0.200. The van der Waals surface area contributed by atoms with Gasteiger partial charge in [0, 0.05) is 15.0 Å². The van der Waals surface area contributed by atoms with Crippen LogP contribution in [0.15, 0.2) is 69.0 Å². The predicted octanol–water partition coefficient (Wildman–Crippen LogP) is 6.07. The largest absolute Gasteiger partial charge is 0.506 e. The number of phenolic OH excluding ortho intramolecular Hbond substituents is 1. The van der Waals surface area contributed by atoms with Gasteiger partial charge in [-0.1, -0.05) is 62.2 Å². The maximum atomic E-state index is 12.6. The Labute approximate surface area is 211 Å². The van der Waals surface area contributed by atoms with Crippen LogP contribution in [0, 0.1) is 6.92 Å². The highest BCUT2D eigenvalue weighted by molar-refractivity contribution is 9.11. The lowest BCUT2D eigenvalue weighted by Gasteiger charge is -2.28. The number of hydrogen-bond acceptors (Lipinski definition) is 4. The molecule has 1 heterocycles. The summed E-state index contributed by atoms with van der Waals surface area (Å²) in [5.74, 6) is -0.0769. The van der Waals surface area contributed by atoms with Crippen LogP contribution in [-0.4, -0.2) is 20.1 Å². The summed E-state index contributed by atoms with van der Waals surface area (Å²) in [6.07, 6.45) is 3.02. The zero-order valence-corrected chi connectivity index (χ0v) is 22.0. The standard InChI is InChI=1S/C25H24Br2N2O3S/c1-16-21(26)11-18(12-22(16)27)13-23-20-15-24(25(30)14-19(20)7-9-28-23)29-33(31,32)10-8-17-5-3-2-4-6-17/h2-6,8,10-12,14-15,23,28-30H,7,9,13H2,1H3/b10-8+. The summed E-state index contributed by atoms with van der Waals surface area (Å²) in [6, 6.07) is 16.8. The number of benzene rings is 3. The van der Waals surface area contributed by atoms with E-state index in [4.69, 9.17) is 0 Å². The Morgan fingerprint density at radius 1 is 1.12 bits per heavy atom. The Morgan fingerprint density at radius 3 is 2.52 bits per heavy atom. The maximum absolute atomic E-state index is 12.6. The first-order valence-corrected chi connectivity index (χ1v) is 13.6. The van der Waals surface area contributed by atoms with Crippen LogP contribution in [0.3, 0.4) is 0 Å². The molecular weight excluding hydrogens is 568 g/mol. The molecule has 0 fully saturated rings. The quantitative estimate of drug-likeness (QED) is 0.304. The van der Waals surface area contributed by atoms with Gasteiger partial charge in [0.2, 0.25) is 0 Å². The molecule has 1 aliphatic rings. The first kappa shape index (κ1) is 24.0. The van der Waals surface area contributed by atoms with Crippen molar-refractivity contribution >= 4 is 53.6 Å². The van der Waals surface area contributed by atoms with Crippen LogP contribution in [0.4, 0.5) is 5.69 Å². The molecule has 0 bridgehead atoms. The van der Waals surface area contributed by atoms with E-state index in [0.29, 0.717) is 0 Å². The Balaban J connectivity index is 1.60. The molecule has 5 nitrogen and oxygen atoms in total. The van der Waals surface area contributed by atoms with E-state index >= 15 is 0 Å². The van der Waals surface area contributed by atoms with Crippen LogP contribution in [0.25, 0.3) is 6.08 Å². The second-order valence-corrected chi connectivity index (χ2v) is 11.3. The van der Waals surface area contributed by atoms with E-state index in [2.05, 4.69) is 54.0 Å². The van der Waals surface area contributed by atoms with Crippen molar-refractivity contribution in [3.05, 3.63) is 96.8 Å². The maximum Gasteiger partial charge on any atom is 0.255 e. The van der Waals surface area contributed by atoms with E-state index in [1.807, 2.05) is 37.3 Å². The first-order valence-electron chi connectivity index (χ1n) is 10.5. The fourth-order valence-corrected chi connectivity index (χ4v) is 6.07. The Bertz CT molecular complexity index is 1290. The molecule has 0 aliphatic carbocycles. The predicted molar refractivity (Wildman–Crippen MR) is 141 cm³/mol.